The highest BCUT2D eigenvalue weighted by atomic mass is 19.1. The van der Waals surface area contributed by atoms with E-state index in [9.17, 15) is 18.0 Å². The molecule has 0 fully saturated rings. The second kappa shape index (κ2) is 3.80. The molecule has 0 aliphatic carbocycles. The summed E-state index contributed by atoms with van der Waals surface area (Å²) in [6.07, 6.45) is 2.11. The van der Waals surface area contributed by atoms with Gasteiger partial charge in [0.05, 0.1) is 0 Å². The summed E-state index contributed by atoms with van der Waals surface area (Å²) in [5.41, 5.74) is -1.01. The van der Waals surface area contributed by atoms with Crippen LogP contribution in [0.3, 0.4) is 0 Å². The van der Waals surface area contributed by atoms with E-state index in [4.69, 9.17) is 0 Å². The van der Waals surface area contributed by atoms with Gasteiger partial charge >= 0.3 is 0 Å². The maximum Gasteiger partial charge on any atom is 0.272 e. The Balaban J connectivity index is 2.64. The van der Waals surface area contributed by atoms with E-state index < -0.39 is 28.7 Å². The normalized spacial score (nSPS) is 10.4. The van der Waals surface area contributed by atoms with Crippen molar-refractivity contribution in [2.75, 3.05) is 0 Å². The molecule has 1 aromatic heterocycles. The molecule has 0 N–H and O–H groups in total. The summed E-state index contributed by atoms with van der Waals surface area (Å²) >= 11 is 0. The van der Waals surface area contributed by atoms with Crippen LogP contribution in [0.4, 0.5) is 13.2 Å². The number of halogens is 3. The Labute approximate surface area is 87.8 Å². The number of aromatic nitrogens is 2. The van der Waals surface area contributed by atoms with Crippen LogP contribution in [-0.4, -0.2) is 9.55 Å². The van der Waals surface area contributed by atoms with E-state index in [1.165, 1.54) is 0 Å². The summed E-state index contributed by atoms with van der Waals surface area (Å²) < 4.78 is 40.2. The Kier molecular flexibility index (Phi) is 2.47. The minimum Gasteiger partial charge on any atom is -0.302 e. The summed E-state index contributed by atoms with van der Waals surface area (Å²) in [6, 6.07) is 2.15. The molecule has 0 atom stereocenters. The zero-order valence-corrected chi connectivity index (χ0v) is 7.82. The Bertz CT molecular complexity index is 551. The van der Waals surface area contributed by atoms with E-state index in [0.717, 1.165) is 23.2 Å². The second-order valence-corrected chi connectivity index (χ2v) is 3.02. The molecule has 0 radical (unpaired) electrons. The summed E-state index contributed by atoms with van der Waals surface area (Å²) in [5.74, 6) is -3.14. The number of rotatable bonds is 1. The number of benzene rings is 1. The summed E-state index contributed by atoms with van der Waals surface area (Å²) in [5, 5.41) is 0. The van der Waals surface area contributed by atoms with Crippen molar-refractivity contribution >= 4 is 0 Å². The molecule has 0 saturated carbocycles. The average Bonchev–Trinajstić information content (AvgIpc) is 2.19. The smallest absolute Gasteiger partial charge is 0.272 e. The Hall–Kier alpha value is -2.11. The van der Waals surface area contributed by atoms with Crippen molar-refractivity contribution < 1.29 is 13.2 Å². The lowest BCUT2D eigenvalue weighted by Crippen LogP contribution is -2.10. The molecule has 6 heteroatoms. The molecule has 0 unspecified atom stereocenters. The molecule has 2 aromatic rings. The largest absolute Gasteiger partial charge is 0.302 e. The topological polar surface area (TPSA) is 34.9 Å². The van der Waals surface area contributed by atoms with Crippen LogP contribution in [0.2, 0.25) is 0 Å². The third kappa shape index (κ3) is 1.81. The van der Waals surface area contributed by atoms with Gasteiger partial charge in [0.2, 0.25) is 0 Å². The Morgan fingerprint density at radius 1 is 1.12 bits per heavy atom. The summed E-state index contributed by atoms with van der Waals surface area (Å²) in [6.45, 7) is 0. The summed E-state index contributed by atoms with van der Waals surface area (Å²) in [7, 11) is 0. The minimum absolute atomic E-state index is 0.478. The van der Waals surface area contributed by atoms with Gasteiger partial charge in [-0.15, -0.1) is 0 Å². The lowest BCUT2D eigenvalue weighted by molar-refractivity contribution is 0.533. The van der Waals surface area contributed by atoms with Crippen LogP contribution in [0.1, 0.15) is 0 Å². The van der Waals surface area contributed by atoms with Crippen LogP contribution in [0.15, 0.2) is 35.5 Å². The molecule has 0 aliphatic rings. The van der Waals surface area contributed by atoms with E-state index in [0.29, 0.717) is 12.1 Å². The average molecular weight is 226 g/mol. The van der Waals surface area contributed by atoms with Crippen LogP contribution >= 0.6 is 0 Å². The van der Waals surface area contributed by atoms with Crippen LogP contribution in [-0.2, 0) is 0 Å². The maximum absolute atomic E-state index is 13.3. The quantitative estimate of drug-likeness (QED) is 0.741. The van der Waals surface area contributed by atoms with E-state index >= 15 is 0 Å². The van der Waals surface area contributed by atoms with Crippen LogP contribution < -0.4 is 5.56 Å². The van der Waals surface area contributed by atoms with Crippen molar-refractivity contribution in [3.05, 3.63) is 58.5 Å². The van der Waals surface area contributed by atoms with Crippen LogP contribution in [0, 0.1) is 17.5 Å². The third-order valence-corrected chi connectivity index (χ3v) is 1.93. The lowest BCUT2D eigenvalue weighted by Gasteiger charge is -2.07. The molecule has 82 valence electrons. The minimum atomic E-state index is -1.07. The van der Waals surface area contributed by atoms with E-state index in [1.807, 2.05) is 0 Å². The molecule has 1 heterocycles. The zero-order valence-electron chi connectivity index (χ0n) is 7.82. The van der Waals surface area contributed by atoms with E-state index in [-0.39, 0.29) is 0 Å². The third-order valence-electron chi connectivity index (χ3n) is 1.93. The molecule has 3 nitrogen and oxygen atoms in total. The van der Waals surface area contributed by atoms with Gasteiger partial charge in [0.15, 0.2) is 11.6 Å². The van der Waals surface area contributed by atoms with E-state index in [1.54, 1.807) is 0 Å². The first-order valence-electron chi connectivity index (χ1n) is 4.27. The van der Waals surface area contributed by atoms with Gasteiger partial charge in [-0.05, 0) is 0 Å². The monoisotopic (exact) mass is 226 g/mol. The highest BCUT2D eigenvalue weighted by molar-refractivity contribution is 5.35. The number of hydrogen-bond donors (Lipinski definition) is 0. The molecule has 0 bridgehead atoms. The van der Waals surface area contributed by atoms with Gasteiger partial charge in [0.1, 0.15) is 17.8 Å². The highest BCUT2D eigenvalue weighted by Gasteiger charge is 2.12. The standard InChI is InChI=1S/C10H5F3N2O/c11-6-3-7(12)10(8(13)4-6)15-2-1-9(16)14-5-15/h1-5H. The van der Waals surface area contributed by atoms with Gasteiger partial charge in [0.25, 0.3) is 5.56 Å². The van der Waals surface area contributed by atoms with Gasteiger partial charge in [-0.25, -0.2) is 13.2 Å². The maximum atomic E-state index is 13.3. The molecular weight excluding hydrogens is 221 g/mol. The molecule has 1 aromatic carbocycles. The molecule has 0 amide bonds. The molecule has 0 saturated heterocycles. The fraction of sp³-hybridized carbons (Fsp3) is 0. The highest BCUT2D eigenvalue weighted by Crippen LogP contribution is 2.18. The number of nitrogens with zero attached hydrogens (tertiary/aromatic N) is 2. The van der Waals surface area contributed by atoms with Crippen molar-refractivity contribution in [1.29, 1.82) is 0 Å². The van der Waals surface area contributed by atoms with Crippen molar-refractivity contribution in [2.45, 2.75) is 0 Å². The van der Waals surface area contributed by atoms with Crippen molar-refractivity contribution in [2.24, 2.45) is 0 Å². The zero-order chi connectivity index (χ0) is 11.7. The summed E-state index contributed by atoms with van der Waals surface area (Å²) in [4.78, 5) is 14.0. The first-order chi connectivity index (χ1) is 7.58. The lowest BCUT2D eigenvalue weighted by atomic mass is 10.2. The Morgan fingerprint density at radius 2 is 1.75 bits per heavy atom. The number of hydrogen-bond acceptors (Lipinski definition) is 2. The van der Waals surface area contributed by atoms with E-state index in [2.05, 4.69) is 4.98 Å². The predicted molar refractivity (Wildman–Crippen MR) is 49.7 cm³/mol. The SMILES string of the molecule is O=c1ccn(-c2c(F)cc(F)cc2F)cn1. The van der Waals surface area contributed by atoms with Crippen molar-refractivity contribution in [1.82, 2.24) is 9.55 Å². The van der Waals surface area contributed by atoms with Crippen molar-refractivity contribution in [3.63, 3.8) is 0 Å². The van der Waals surface area contributed by atoms with Gasteiger partial charge < -0.3 is 4.57 Å². The van der Waals surface area contributed by atoms with Crippen LogP contribution in [0.25, 0.3) is 5.69 Å². The first-order valence-corrected chi connectivity index (χ1v) is 4.27. The second-order valence-electron chi connectivity index (χ2n) is 3.02. The Morgan fingerprint density at radius 3 is 2.25 bits per heavy atom. The van der Waals surface area contributed by atoms with Gasteiger partial charge in [0, 0.05) is 24.4 Å². The predicted octanol–water partition coefficient (Wildman–Crippen LogP) is 1.65. The molecule has 0 aliphatic heterocycles. The van der Waals surface area contributed by atoms with Crippen LogP contribution in [0.5, 0.6) is 0 Å². The fourth-order valence-electron chi connectivity index (χ4n) is 1.26. The van der Waals surface area contributed by atoms with Gasteiger partial charge in [-0.2, -0.15) is 4.98 Å². The van der Waals surface area contributed by atoms with Gasteiger partial charge in [-0.3, -0.25) is 4.79 Å². The van der Waals surface area contributed by atoms with Crippen molar-refractivity contribution in [3.8, 4) is 5.69 Å². The molecule has 0 spiro atoms. The van der Waals surface area contributed by atoms with Gasteiger partial charge in [-0.1, -0.05) is 0 Å². The fourth-order valence-corrected chi connectivity index (χ4v) is 1.26. The molecule has 2 rings (SSSR count). The molecule has 16 heavy (non-hydrogen) atoms. The first kappa shape index (κ1) is 10.4. The molecular formula is C10H5F3N2O.